The lowest BCUT2D eigenvalue weighted by molar-refractivity contribution is 0.669. The Morgan fingerprint density at radius 1 is 0.352 bits per heavy atom. The number of furan rings is 1. The van der Waals surface area contributed by atoms with Gasteiger partial charge < -0.3 is 4.42 Å². The van der Waals surface area contributed by atoms with Crippen molar-refractivity contribution in [3.8, 4) is 67.3 Å². The molecule has 0 bridgehead atoms. The Bertz CT molecular complexity index is 2990. The normalized spacial score (nSPS) is 11.4. The van der Waals surface area contributed by atoms with Gasteiger partial charge in [-0.1, -0.05) is 163 Å². The summed E-state index contributed by atoms with van der Waals surface area (Å²) in [6, 6.07) is 64.9. The van der Waals surface area contributed by atoms with Gasteiger partial charge in [0, 0.05) is 38.0 Å². The van der Waals surface area contributed by atoms with E-state index < -0.39 is 0 Å². The quantitative estimate of drug-likeness (QED) is 0.172. The number of fused-ring (bicyclic) bond motifs is 5. The molecule has 0 aliphatic heterocycles. The minimum Gasteiger partial charge on any atom is -0.456 e. The van der Waals surface area contributed by atoms with Gasteiger partial charge >= 0.3 is 0 Å². The fraction of sp³-hybridized carbons (Fsp3) is 0. The Morgan fingerprint density at radius 2 is 0.907 bits per heavy atom. The average Bonchev–Trinajstić information content (AvgIpc) is 3.63. The van der Waals surface area contributed by atoms with E-state index in [0.29, 0.717) is 10.8 Å². The molecule has 4 heteroatoms. The van der Waals surface area contributed by atoms with Crippen LogP contribution in [0.1, 0.15) is 0 Å². The number of benzene rings is 8. The van der Waals surface area contributed by atoms with E-state index in [0.717, 1.165) is 77.8 Å². The van der Waals surface area contributed by atoms with Crippen LogP contribution < -0.4 is 0 Å². The van der Waals surface area contributed by atoms with Crippen LogP contribution in [-0.4, -0.2) is 9.97 Å². The lowest BCUT2D eigenvalue weighted by Gasteiger charge is -2.13. The van der Waals surface area contributed by atoms with E-state index in [1.54, 1.807) is 0 Å². The largest absolute Gasteiger partial charge is 0.456 e. The molecule has 0 fully saturated rings. The molecule has 0 unspecified atom stereocenters. The summed E-state index contributed by atoms with van der Waals surface area (Å²) in [5.41, 5.74) is 12.8. The van der Waals surface area contributed by atoms with Crippen molar-refractivity contribution in [1.82, 2.24) is 9.97 Å². The predicted octanol–water partition coefficient (Wildman–Crippen LogP) is 14.2. The molecule has 0 atom stereocenters. The van der Waals surface area contributed by atoms with E-state index in [1.807, 2.05) is 48.5 Å². The zero-order valence-electron chi connectivity index (χ0n) is 29.1. The van der Waals surface area contributed by atoms with Gasteiger partial charge in [-0.3, -0.25) is 0 Å². The maximum atomic E-state index is 6.77. The highest BCUT2D eigenvalue weighted by Gasteiger charge is 2.17. The highest BCUT2D eigenvalue weighted by Crippen LogP contribution is 2.41. The van der Waals surface area contributed by atoms with E-state index in [2.05, 4.69) is 140 Å². The lowest BCUT2D eigenvalue weighted by atomic mass is 9.93. The van der Waals surface area contributed by atoms with E-state index >= 15 is 0 Å². The minimum atomic E-state index is 0.651. The first-order chi connectivity index (χ1) is 26.7. The van der Waals surface area contributed by atoms with Crippen LogP contribution in [0.5, 0.6) is 0 Å². The minimum absolute atomic E-state index is 0.651. The Balaban J connectivity index is 1.13. The molecule has 0 amide bonds. The van der Waals surface area contributed by atoms with Crippen LogP contribution in [0.25, 0.3) is 100.0 Å². The third kappa shape index (κ3) is 5.72. The predicted molar refractivity (Wildman–Crippen MR) is 224 cm³/mol. The van der Waals surface area contributed by atoms with Crippen LogP contribution in [0, 0.1) is 0 Å². The van der Waals surface area contributed by atoms with Gasteiger partial charge in [0.1, 0.15) is 11.2 Å². The summed E-state index contributed by atoms with van der Waals surface area (Å²) >= 11 is 6.77. The number of para-hydroxylation sites is 1. The molecule has 0 spiro atoms. The van der Waals surface area contributed by atoms with E-state index in [9.17, 15) is 0 Å². The van der Waals surface area contributed by atoms with Crippen molar-refractivity contribution >= 4 is 44.3 Å². The number of aromatic nitrogens is 2. The van der Waals surface area contributed by atoms with Crippen molar-refractivity contribution in [2.24, 2.45) is 0 Å². The molecule has 8 aromatic carbocycles. The van der Waals surface area contributed by atoms with Crippen molar-refractivity contribution in [2.75, 3.05) is 0 Å². The van der Waals surface area contributed by atoms with Crippen LogP contribution in [0.15, 0.2) is 192 Å². The van der Waals surface area contributed by atoms with Crippen molar-refractivity contribution in [3.63, 3.8) is 0 Å². The van der Waals surface area contributed by atoms with Gasteiger partial charge in [-0.25, -0.2) is 9.97 Å². The Hall–Kier alpha value is -6.81. The SMILES string of the molecule is Clc1ccc(-c2cc(-c3cccc(-c4cc5oc6ccccc6c5c5ccccc45)c3)nc(-c3ccc(-c4ccccc4)cc3)n2)cc1-c1ccccc1. The first-order valence-electron chi connectivity index (χ1n) is 18.0. The Labute approximate surface area is 317 Å². The molecule has 2 heterocycles. The van der Waals surface area contributed by atoms with Gasteiger partial charge in [-0.15, -0.1) is 0 Å². The lowest BCUT2D eigenvalue weighted by Crippen LogP contribution is -1.96. The molecule has 2 aromatic heterocycles. The summed E-state index contributed by atoms with van der Waals surface area (Å²) in [4.78, 5) is 10.4. The van der Waals surface area contributed by atoms with Crippen molar-refractivity contribution in [3.05, 3.63) is 193 Å². The molecule has 54 heavy (non-hydrogen) atoms. The maximum Gasteiger partial charge on any atom is 0.160 e. The number of rotatable bonds is 6. The number of halogens is 1. The molecule has 0 saturated heterocycles. The van der Waals surface area contributed by atoms with Gasteiger partial charge in [0.2, 0.25) is 0 Å². The average molecular weight is 711 g/mol. The van der Waals surface area contributed by atoms with Crippen molar-refractivity contribution in [1.29, 1.82) is 0 Å². The molecular formula is C50H31ClN2O. The first-order valence-corrected chi connectivity index (χ1v) is 18.4. The molecule has 0 N–H and O–H groups in total. The van der Waals surface area contributed by atoms with Crippen molar-refractivity contribution < 1.29 is 4.42 Å². The highest BCUT2D eigenvalue weighted by molar-refractivity contribution is 6.33. The van der Waals surface area contributed by atoms with E-state index in [4.69, 9.17) is 26.0 Å². The Morgan fingerprint density at radius 3 is 1.67 bits per heavy atom. The standard InChI is InChI=1S/C50H31ClN2O/c51-44-27-26-38(29-43(44)34-14-5-2-6-15-34)46-31-45(52-50(53-46)35-24-22-33(23-25-35)32-12-3-1-4-13-32)37-17-11-16-36(28-37)42-30-48-49(40-19-8-7-18-39(40)42)41-20-9-10-21-47(41)54-48/h1-31H. The van der Waals surface area contributed by atoms with Crippen molar-refractivity contribution in [2.45, 2.75) is 0 Å². The van der Waals surface area contributed by atoms with Crippen LogP contribution in [-0.2, 0) is 0 Å². The van der Waals surface area contributed by atoms with Gasteiger partial charge in [0.25, 0.3) is 0 Å². The van der Waals surface area contributed by atoms with Crippen LogP contribution >= 0.6 is 11.6 Å². The van der Waals surface area contributed by atoms with Gasteiger partial charge in [0.15, 0.2) is 5.82 Å². The molecular weight excluding hydrogens is 680 g/mol. The highest BCUT2D eigenvalue weighted by atomic mass is 35.5. The van der Waals surface area contributed by atoms with Crippen LogP contribution in [0.4, 0.5) is 0 Å². The summed E-state index contributed by atoms with van der Waals surface area (Å²) < 4.78 is 6.42. The summed E-state index contributed by atoms with van der Waals surface area (Å²) in [6.07, 6.45) is 0. The molecule has 0 saturated carbocycles. The maximum absolute atomic E-state index is 6.77. The van der Waals surface area contributed by atoms with Gasteiger partial charge in [0.05, 0.1) is 11.4 Å². The zero-order chi connectivity index (χ0) is 36.0. The fourth-order valence-corrected chi connectivity index (χ4v) is 7.74. The van der Waals surface area contributed by atoms with Gasteiger partial charge in [-0.2, -0.15) is 0 Å². The molecule has 254 valence electrons. The van der Waals surface area contributed by atoms with Crippen LogP contribution in [0.3, 0.4) is 0 Å². The number of hydrogen-bond acceptors (Lipinski definition) is 3. The first kappa shape index (κ1) is 31.9. The summed E-state index contributed by atoms with van der Waals surface area (Å²) in [5, 5.41) is 5.30. The second kappa shape index (κ2) is 13.3. The third-order valence-electron chi connectivity index (χ3n) is 10.2. The summed E-state index contributed by atoms with van der Waals surface area (Å²) in [5.74, 6) is 0.651. The molecule has 0 radical (unpaired) electrons. The number of nitrogens with zero attached hydrogens (tertiary/aromatic N) is 2. The number of hydrogen-bond donors (Lipinski definition) is 0. The second-order valence-corrected chi connectivity index (χ2v) is 13.9. The fourth-order valence-electron chi connectivity index (χ4n) is 7.51. The van der Waals surface area contributed by atoms with E-state index in [1.165, 1.54) is 16.3 Å². The second-order valence-electron chi connectivity index (χ2n) is 13.5. The van der Waals surface area contributed by atoms with Crippen LogP contribution in [0.2, 0.25) is 5.02 Å². The topological polar surface area (TPSA) is 38.9 Å². The molecule has 0 aliphatic carbocycles. The molecule has 10 aromatic rings. The van der Waals surface area contributed by atoms with E-state index in [-0.39, 0.29) is 0 Å². The smallest absolute Gasteiger partial charge is 0.160 e. The zero-order valence-corrected chi connectivity index (χ0v) is 29.8. The molecule has 10 rings (SSSR count). The molecule has 0 aliphatic rings. The third-order valence-corrected chi connectivity index (χ3v) is 10.5. The molecule has 3 nitrogen and oxygen atoms in total. The monoisotopic (exact) mass is 710 g/mol. The summed E-state index contributed by atoms with van der Waals surface area (Å²) in [6.45, 7) is 0. The van der Waals surface area contributed by atoms with Gasteiger partial charge in [-0.05, 0) is 75.0 Å². The summed E-state index contributed by atoms with van der Waals surface area (Å²) in [7, 11) is 0. The Kier molecular flexibility index (Phi) is 7.86.